The van der Waals surface area contributed by atoms with Gasteiger partial charge in [-0.25, -0.2) is 0 Å². The van der Waals surface area contributed by atoms with E-state index in [0.717, 1.165) is 31.1 Å². The lowest BCUT2D eigenvalue weighted by molar-refractivity contribution is -0.129. The minimum Gasteiger partial charge on any atom is -0.342 e. The molecule has 2 aliphatic rings. The number of aliphatic imine (C=N–C) groups is 1. The Labute approximate surface area is 240 Å². The molecule has 1 fully saturated rings. The number of amides is 1. The van der Waals surface area contributed by atoms with Crippen LogP contribution in [-0.2, 0) is 4.79 Å². The number of piperidine rings is 1. The van der Waals surface area contributed by atoms with E-state index in [4.69, 9.17) is 4.99 Å². The van der Waals surface area contributed by atoms with E-state index in [9.17, 15) is 4.79 Å². The Morgan fingerprint density at radius 3 is 1.58 bits per heavy atom. The molecular weight excluding hydrogens is 484 g/mol. The van der Waals surface area contributed by atoms with Crippen molar-refractivity contribution in [1.29, 1.82) is 0 Å². The molecule has 2 aliphatic heterocycles. The van der Waals surface area contributed by atoms with Crippen LogP contribution in [0, 0.1) is 0 Å². The fraction of sp³-hybridized carbons (Fsp3) is 0.912. The lowest BCUT2D eigenvalue weighted by Gasteiger charge is -2.27. The summed E-state index contributed by atoms with van der Waals surface area (Å²) in [5.74, 6) is 2.04. The summed E-state index contributed by atoms with van der Waals surface area (Å²) in [5.41, 5.74) is 1.41. The lowest BCUT2D eigenvalue weighted by atomic mass is 10.0. The zero-order valence-corrected chi connectivity index (χ0v) is 26.5. The summed E-state index contributed by atoms with van der Waals surface area (Å²) in [6.07, 6.45) is 33.8. The Hall–Kier alpha value is -0.640. The number of hydrogen-bond donors (Lipinski definition) is 0. The van der Waals surface area contributed by atoms with E-state index in [0.29, 0.717) is 5.91 Å². The third-order valence-corrected chi connectivity index (χ3v) is 10.8. The molecule has 0 N–H and O–H groups in total. The molecule has 0 aliphatic carbocycles. The molecule has 1 atom stereocenters. The fourth-order valence-electron chi connectivity index (χ4n) is 6.06. The predicted molar refractivity (Wildman–Crippen MR) is 173 cm³/mol. The van der Waals surface area contributed by atoms with Crippen LogP contribution in [0.4, 0.5) is 0 Å². The highest BCUT2D eigenvalue weighted by molar-refractivity contribution is 8.17. The van der Waals surface area contributed by atoms with Crippen LogP contribution < -0.4 is 0 Å². The molecule has 0 aromatic carbocycles. The maximum atomic E-state index is 13.1. The number of rotatable bonds is 24. The Morgan fingerprint density at radius 2 is 1.08 bits per heavy atom. The predicted octanol–water partition coefficient (Wildman–Crippen LogP) is 10.5. The average molecular weight is 549 g/mol. The molecule has 0 aromatic rings. The van der Waals surface area contributed by atoms with Crippen LogP contribution in [0.1, 0.15) is 174 Å². The number of likely N-dealkylation sites (tertiary alicyclic amines) is 1. The zero-order valence-electron chi connectivity index (χ0n) is 25.7. The maximum Gasteiger partial charge on any atom is 0.232 e. The van der Waals surface area contributed by atoms with E-state index in [2.05, 4.69) is 18.7 Å². The van der Waals surface area contributed by atoms with Gasteiger partial charge in [0, 0.05) is 18.8 Å². The second kappa shape index (κ2) is 23.1. The number of carbonyl (C=O) groups is 1. The molecule has 4 heteroatoms. The summed E-state index contributed by atoms with van der Waals surface area (Å²) in [5, 5.41) is 0. The highest BCUT2D eigenvalue weighted by atomic mass is 32.2. The van der Waals surface area contributed by atoms with Crippen LogP contribution in [0.5, 0.6) is 0 Å². The molecular formula is C34H64N2OS. The molecule has 1 unspecified atom stereocenters. The summed E-state index contributed by atoms with van der Waals surface area (Å²) < 4.78 is 0. The monoisotopic (exact) mass is 548 g/mol. The van der Waals surface area contributed by atoms with Gasteiger partial charge in [0.15, 0.2) is 0 Å². The van der Waals surface area contributed by atoms with Crippen molar-refractivity contribution in [3.63, 3.8) is 0 Å². The van der Waals surface area contributed by atoms with Gasteiger partial charge in [0.25, 0.3) is 0 Å². The molecule has 0 spiro atoms. The first-order valence-corrected chi connectivity index (χ1v) is 18.7. The van der Waals surface area contributed by atoms with Crippen LogP contribution in [-0.4, -0.2) is 46.1 Å². The SMILES string of the molecule is CCCCCCCCCCCCC1=NCS(CC(=O)N2CCCCC2)=C1CCCCCCCCCCCC. The first-order chi connectivity index (χ1) is 18.8. The van der Waals surface area contributed by atoms with Crippen molar-refractivity contribution in [2.24, 2.45) is 4.99 Å². The van der Waals surface area contributed by atoms with Gasteiger partial charge in [-0.3, -0.25) is 9.79 Å². The van der Waals surface area contributed by atoms with Gasteiger partial charge in [0.05, 0.1) is 11.6 Å². The normalized spacial score (nSPS) is 17.8. The van der Waals surface area contributed by atoms with Gasteiger partial charge in [-0.2, -0.15) is 0 Å². The van der Waals surface area contributed by atoms with E-state index < -0.39 is 0 Å². The minimum absolute atomic E-state index is 0.0666. The molecule has 2 heterocycles. The van der Waals surface area contributed by atoms with Crippen LogP contribution in [0.25, 0.3) is 0 Å². The van der Waals surface area contributed by atoms with E-state index in [1.54, 1.807) is 4.86 Å². The second-order valence-electron chi connectivity index (χ2n) is 12.1. The summed E-state index contributed by atoms with van der Waals surface area (Å²) >= 11 is 0. The third kappa shape index (κ3) is 15.2. The van der Waals surface area contributed by atoms with Crippen LogP contribution >= 0.6 is 10.5 Å². The number of nitrogens with zero attached hydrogens (tertiary/aromatic N) is 2. The fourth-order valence-corrected chi connectivity index (χ4v) is 8.21. The van der Waals surface area contributed by atoms with Gasteiger partial charge in [0.2, 0.25) is 5.91 Å². The summed E-state index contributed by atoms with van der Waals surface area (Å²) in [4.78, 5) is 21.9. The van der Waals surface area contributed by atoms with Gasteiger partial charge in [-0.15, -0.1) is 10.5 Å². The van der Waals surface area contributed by atoms with E-state index in [1.807, 2.05) is 0 Å². The van der Waals surface area contributed by atoms with Crippen molar-refractivity contribution in [2.45, 2.75) is 174 Å². The Balaban J connectivity index is 1.71. The molecule has 38 heavy (non-hydrogen) atoms. The third-order valence-electron chi connectivity index (χ3n) is 8.61. The summed E-state index contributed by atoms with van der Waals surface area (Å²) in [7, 11) is 0.0666. The van der Waals surface area contributed by atoms with Gasteiger partial charge in [-0.1, -0.05) is 129 Å². The first kappa shape index (κ1) is 33.6. The quantitative estimate of drug-likeness (QED) is 0.0872. The van der Waals surface area contributed by atoms with E-state index in [1.165, 1.54) is 160 Å². The number of carbonyl (C=O) groups excluding carboxylic acids is 1. The molecule has 0 bridgehead atoms. The van der Waals surface area contributed by atoms with Crippen molar-refractivity contribution in [3.8, 4) is 0 Å². The molecule has 0 radical (unpaired) electrons. The largest absolute Gasteiger partial charge is 0.342 e. The second-order valence-corrected chi connectivity index (χ2v) is 14.1. The van der Waals surface area contributed by atoms with Crippen LogP contribution in [0.2, 0.25) is 0 Å². The summed E-state index contributed by atoms with van der Waals surface area (Å²) in [6, 6.07) is 0. The summed E-state index contributed by atoms with van der Waals surface area (Å²) in [6.45, 7) is 6.56. The lowest BCUT2D eigenvalue weighted by Crippen LogP contribution is -2.37. The van der Waals surface area contributed by atoms with E-state index >= 15 is 0 Å². The first-order valence-electron chi connectivity index (χ1n) is 17.1. The van der Waals surface area contributed by atoms with Crippen molar-refractivity contribution < 1.29 is 4.79 Å². The molecule has 0 saturated carbocycles. The Bertz CT molecular complexity index is 665. The Morgan fingerprint density at radius 1 is 0.632 bits per heavy atom. The van der Waals surface area contributed by atoms with Gasteiger partial charge in [-0.05, 0) is 49.8 Å². The van der Waals surface area contributed by atoms with Crippen molar-refractivity contribution in [2.75, 3.05) is 24.7 Å². The molecule has 3 nitrogen and oxygen atoms in total. The molecule has 1 saturated heterocycles. The standard InChI is InChI=1S/C34H64N2OS/c1-3-5-7-9-11-13-15-17-19-22-26-32-33(27-23-20-18-16-14-12-10-8-6-4-2)38(31-35-32)30-34(37)36-28-24-21-25-29-36/h3-31H2,1-2H3. The molecule has 0 aromatic heterocycles. The minimum atomic E-state index is 0.0666. The molecule has 1 amide bonds. The highest BCUT2D eigenvalue weighted by Gasteiger charge is 2.23. The van der Waals surface area contributed by atoms with Gasteiger partial charge < -0.3 is 4.90 Å². The van der Waals surface area contributed by atoms with Crippen LogP contribution in [0.15, 0.2) is 4.99 Å². The van der Waals surface area contributed by atoms with Crippen molar-refractivity contribution in [1.82, 2.24) is 4.90 Å². The molecule has 222 valence electrons. The number of hydrogen-bond acceptors (Lipinski definition) is 2. The number of unbranched alkanes of at least 4 members (excludes halogenated alkanes) is 18. The van der Waals surface area contributed by atoms with Gasteiger partial charge in [0.1, 0.15) is 0 Å². The zero-order chi connectivity index (χ0) is 27.1. The highest BCUT2D eigenvalue weighted by Crippen LogP contribution is 2.28. The van der Waals surface area contributed by atoms with Crippen LogP contribution in [0.3, 0.4) is 0 Å². The van der Waals surface area contributed by atoms with Crippen molar-refractivity contribution in [3.05, 3.63) is 0 Å². The van der Waals surface area contributed by atoms with Gasteiger partial charge >= 0.3 is 0 Å². The van der Waals surface area contributed by atoms with E-state index in [-0.39, 0.29) is 10.5 Å². The Kier molecular flexibility index (Phi) is 20.4. The maximum absolute atomic E-state index is 13.1. The molecule has 2 rings (SSSR count). The van der Waals surface area contributed by atoms with Crippen molar-refractivity contribution >= 4 is 27.0 Å². The topological polar surface area (TPSA) is 32.7 Å². The smallest absolute Gasteiger partial charge is 0.232 e. The average Bonchev–Trinajstić information content (AvgIpc) is 3.32.